The number of hydrogen-bond donors (Lipinski definition) is 2. The molecule has 3 nitrogen and oxygen atoms in total. The van der Waals surface area contributed by atoms with Crippen molar-refractivity contribution in [1.82, 2.24) is 10.6 Å². The third kappa shape index (κ3) is 4.95. The van der Waals surface area contributed by atoms with E-state index in [-0.39, 0.29) is 6.03 Å². The molecule has 0 atom stereocenters. The van der Waals surface area contributed by atoms with Crippen molar-refractivity contribution in [1.29, 1.82) is 0 Å². The van der Waals surface area contributed by atoms with Crippen LogP contribution < -0.4 is 10.6 Å². The van der Waals surface area contributed by atoms with E-state index in [1.807, 2.05) is 36.4 Å². The zero-order valence-corrected chi connectivity index (χ0v) is 12.6. The number of rotatable bonds is 5. The van der Waals surface area contributed by atoms with Gasteiger partial charge in [-0.15, -0.1) is 0 Å². The van der Waals surface area contributed by atoms with Crippen molar-refractivity contribution in [3.63, 3.8) is 0 Å². The Morgan fingerprint density at radius 3 is 2.38 bits per heavy atom. The van der Waals surface area contributed by atoms with Gasteiger partial charge in [-0.3, -0.25) is 0 Å². The Morgan fingerprint density at radius 1 is 0.952 bits per heavy atom. The van der Waals surface area contributed by atoms with Crippen molar-refractivity contribution in [2.45, 2.75) is 26.8 Å². The molecule has 0 bridgehead atoms. The fourth-order valence-electron chi connectivity index (χ4n) is 2.15. The van der Waals surface area contributed by atoms with Crippen LogP contribution in [0.15, 0.2) is 48.5 Å². The predicted molar refractivity (Wildman–Crippen MR) is 86.3 cm³/mol. The Morgan fingerprint density at radius 2 is 1.67 bits per heavy atom. The van der Waals surface area contributed by atoms with E-state index in [0.29, 0.717) is 13.1 Å². The molecule has 0 spiro atoms. The first-order valence-electron chi connectivity index (χ1n) is 7.27. The van der Waals surface area contributed by atoms with Gasteiger partial charge in [0.15, 0.2) is 0 Å². The normalized spacial score (nSPS) is 10.2. The molecule has 0 aliphatic heterocycles. The smallest absolute Gasteiger partial charge is 0.315 e. The van der Waals surface area contributed by atoms with Gasteiger partial charge in [0.2, 0.25) is 0 Å². The second-order valence-electron chi connectivity index (χ2n) is 5.27. The van der Waals surface area contributed by atoms with Gasteiger partial charge >= 0.3 is 6.03 Å². The zero-order valence-electron chi connectivity index (χ0n) is 12.6. The molecule has 0 aromatic heterocycles. The van der Waals surface area contributed by atoms with Gasteiger partial charge < -0.3 is 10.6 Å². The van der Waals surface area contributed by atoms with Crippen LogP contribution in [0.25, 0.3) is 0 Å². The molecule has 3 heteroatoms. The van der Waals surface area contributed by atoms with E-state index in [1.54, 1.807) is 0 Å². The number of aryl methyl sites for hydroxylation is 2. The number of nitrogens with one attached hydrogen (secondary N) is 2. The average molecular weight is 282 g/mol. The van der Waals surface area contributed by atoms with Crippen LogP contribution in [0.4, 0.5) is 4.79 Å². The Hall–Kier alpha value is -2.29. The summed E-state index contributed by atoms with van der Waals surface area (Å²) in [5, 5.41) is 5.76. The second-order valence-corrected chi connectivity index (χ2v) is 5.27. The molecule has 0 heterocycles. The maximum absolute atomic E-state index is 11.7. The van der Waals surface area contributed by atoms with Crippen molar-refractivity contribution < 1.29 is 4.79 Å². The highest BCUT2D eigenvalue weighted by atomic mass is 16.2. The van der Waals surface area contributed by atoms with Gasteiger partial charge in [-0.05, 0) is 37.0 Å². The van der Waals surface area contributed by atoms with Gasteiger partial charge in [-0.25, -0.2) is 4.79 Å². The predicted octanol–water partition coefficient (Wildman–Crippen LogP) is 3.35. The average Bonchev–Trinajstić information content (AvgIpc) is 2.49. The van der Waals surface area contributed by atoms with E-state index in [0.717, 1.165) is 12.0 Å². The molecule has 2 aromatic rings. The van der Waals surface area contributed by atoms with Crippen LogP contribution in [0.1, 0.15) is 22.3 Å². The molecule has 2 rings (SSSR count). The number of urea groups is 1. The summed E-state index contributed by atoms with van der Waals surface area (Å²) in [5.74, 6) is 0. The van der Waals surface area contributed by atoms with E-state index in [9.17, 15) is 4.79 Å². The van der Waals surface area contributed by atoms with Crippen molar-refractivity contribution in [3.05, 3.63) is 70.8 Å². The number of carbonyl (C=O) groups excluding carboxylic acids is 1. The lowest BCUT2D eigenvalue weighted by molar-refractivity contribution is 0.240. The van der Waals surface area contributed by atoms with E-state index in [4.69, 9.17) is 0 Å². The second kappa shape index (κ2) is 7.48. The van der Waals surface area contributed by atoms with Crippen molar-refractivity contribution in [2.75, 3.05) is 6.54 Å². The number of carbonyl (C=O) groups is 1. The molecule has 2 aromatic carbocycles. The maximum atomic E-state index is 11.7. The molecule has 2 N–H and O–H groups in total. The van der Waals surface area contributed by atoms with Crippen molar-refractivity contribution in [3.8, 4) is 0 Å². The largest absolute Gasteiger partial charge is 0.338 e. The van der Waals surface area contributed by atoms with Crippen LogP contribution >= 0.6 is 0 Å². The van der Waals surface area contributed by atoms with Gasteiger partial charge in [0.05, 0.1) is 0 Å². The summed E-state index contributed by atoms with van der Waals surface area (Å²) in [4.78, 5) is 11.7. The van der Waals surface area contributed by atoms with Crippen LogP contribution in [0.3, 0.4) is 0 Å². The van der Waals surface area contributed by atoms with Crippen LogP contribution in [-0.2, 0) is 13.0 Å². The lowest BCUT2D eigenvalue weighted by Crippen LogP contribution is -2.36. The lowest BCUT2D eigenvalue weighted by atomic mass is 10.1. The first-order valence-corrected chi connectivity index (χ1v) is 7.27. The van der Waals surface area contributed by atoms with E-state index < -0.39 is 0 Å². The van der Waals surface area contributed by atoms with Gasteiger partial charge in [0.1, 0.15) is 0 Å². The molecule has 0 saturated heterocycles. The maximum Gasteiger partial charge on any atom is 0.315 e. The zero-order chi connectivity index (χ0) is 15.1. The Labute approximate surface area is 126 Å². The first-order chi connectivity index (χ1) is 10.1. The van der Waals surface area contributed by atoms with E-state index in [2.05, 4.69) is 36.6 Å². The summed E-state index contributed by atoms with van der Waals surface area (Å²) < 4.78 is 0. The van der Waals surface area contributed by atoms with Crippen LogP contribution in [0, 0.1) is 13.8 Å². The van der Waals surface area contributed by atoms with Gasteiger partial charge in [0.25, 0.3) is 0 Å². The summed E-state index contributed by atoms with van der Waals surface area (Å²) in [5.41, 5.74) is 4.87. The molecule has 110 valence electrons. The monoisotopic (exact) mass is 282 g/mol. The fraction of sp³-hybridized carbons (Fsp3) is 0.278. The highest BCUT2D eigenvalue weighted by molar-refractivity contribution is 5.73. The van der Waals surface area contributed by atoms with Crippen LogP contribution in [-0.4, -0.2) is 12.6 Å². The molecule has 0 aliphatic rings. The highest BCUT2D eigenvalue weighted by Crippen LogP contribution is 2.06. The summed E-state index contributed by atoms with van der Waals surface area (Å²) in [6.45, 7) is 5.34. The number of hydrogen-bond acceptors (Lipinski definition) is 1. The molecular formula is C18H22N2O. The molecule has 0 fully saturated rings. The Bertz CT molecular complexity index is 590. The third-order valence-electron chi connectivity index (χ3n) is 3.51. The summed E-state index contributed by atoms with van der Waals surface area (Å²) in [6.07, 6.45) is 0.852. The molecule has 2 amide bonds. The minimum atomic E-state index is -0.121. The van der Waals surface area contributed by atoms with Crippen LogP contribution in [0.5, 0.6) is 0 Å². The minimum absolute atomic E-state index is 0.121. The van der Waals surface area contributed by atoms with Gasteiger partial charge in [-0.2, -0.15) is 0 Å². The first kappa shape index (κ1) is 15.1. The quantitative estimate of drug-likeness (QED) is 0.867. The molecule has 0 radical (unpaired) electrons. The topological polar surface area (TPSA) is 41.1 Å². The number of amides is 2. The van der Waals surface area contributed by atoms with Gasteiger partial charge in [0, 0.05) is 13.1 Å². The van der Waals surface area contributed by atoms with E-state index >= 15 is 0 Å². The fourth-order valence-corrected chi connectivity index (χ4v) is 2.15. The summed E-state index contributed by atoms with van der Waals surface area (Å²) in [7, 11) is 0. The molecule has 21 heavy (non-hydrogen) atoms. The van der Waals surface area contributed by atoms with Crippen LogP contribution in [0.2, 0.25) is 0 Å². The third-order valence-corrected chi connectivity index (χ3v) is 3.51. The summed E-state index contributed by atoms with van der Waals surface area (Å²) >= 11 is 0. The molecule has 0 unspecified atom stereocenters. The lowest BCUT2D eigenvalue weighted by Gasteiger charge is -2.09. The molecule has 0 aliphatic carbocycles. The Kier molecular flexibility index (Phi) is 5.38. The highest BCUT2D eigenvalue weighted by Gasteiger charge is 2.01. The SMILES string of the molecule is Cc1ccc(CNC(=O)NCCc2ccccc2C)cc1. The number of benzene rings is 2. The van der Waals surface area contributed by atoms with Crippen molar-refractivity contribution in [2.24, 2.45) is 0 Å². The molecule has 0 saturated carbocycles. The molecular weight excluding hydrogens is 260 g/mol. The summed E-state index contributed by atoms with van der Waals surface area (Å²) in [6, 6.07) is 16.3. The van der Waals surface area contributed by atoms with Gasteiger partial charge in [-0.1, -0.05) is 54.1 Å². The van der Waals surface area contributed by atoms with Crippen molar-refractivity contribution >= 4 is 6.03 Å². The minimum Gasteiger partial charge on any atom is -0.338 e. The standard InChI is InChI=1S/C18H22N2O/c1-14-7-9-16(10-8-14)13-20-18(21)19-12-11-17-6-4-3-5-15(17)2/h3-10H,11-13H2,1-2H3,(H2,19,20,21). The Balaban J connectivity index is 1.70. The van der Waals surface area contributed by atoms with E-state index in [1.165, 1.54) is 16.7 Å².